The summed E-state index contributed by atoms with van der Waals surface area (Å²) in [6, 6.07) is 19.7. The van der Waals surface area contributed by atoms with Crippen molar-refractivity contribution in [3.8, 4) is 5.75 Å². The fourth-order valence-electron chi connectivity index (χ4n) is 5.31. The molecule has 44 heavy (non-hydrogen) atoms. The van der Waals surface area contributed by atoms with Crippen LogP contribution >= 0.6 is 22.6 Å². The molecule has 2 N–H and O–H groups in total. The Morgan fingerprint density at radius 2 is 1.80 bits per heavy atom. The van der Waals surface area contributed by atoms with E-state index in [1.807, 2.05) is 36.4 Å². The van der Waals surface area contributed by atoms with Crippen molar-refractivity contribution in [2.24, 2.45) is 0 Å². The molecule has 0 aliphatic heterocycles. The molecule has 2 amide bonds. The summed E-state index contributed by atoms with van der Waals surface area (Å²) in [5.41, 5.74) is 4.00. The van der Waals surface area contributed by atoms with Crippen LogP contribution in [-0.4, -0.2) is 47.8 Å². The van der Waals surface area contributed by atoms with Gasteiger partial charge in [-0.05, 0) is 93.2 Å². The van der Waals surface area contributed by atoms with Crippen LogP contribution in [0.4, 0.5) is 10.5 Å². The Bertz CT molecular complexity index is 1700. The molecule has 4 aromatic rings. The number of benzene rings is 3. The molecule has 1 unspecified atom stereocenters. The van der Waals surface area contributed by atoms with Crippen molar-refractivity contribution in [1.82, 2.24) is 9.88 Å². The fourth-order valence-corrected chi connectivity index (χ4v) is 5.92. The zero-order valence-electron chi connectivity index (χ0n) is 25.7. The molecule has 0 radical (unpaired) electrons. The van der Waals surface area contributed by atoms with Gasteiger partial charge in [0.1, 0.15) is 11.8 Å². The normalized spacial score (nSPS) is 12.0. The highest BCUT2D eigenvalue weighted by Gasteiger charge is 2.28. The van der Waals surface area contributed by atoms with E-state index in [-0.39, 0.29) is 36.5 Å². The van der Waals surface area contributed by atoms with Gasteiger partial charge in [0.25, 0.3) is 0 Å². The van der Waals surface area contributed by atoms with Crippen molar-refractivity contribution in [1.29, 1.82) is 0 Å². The van der Waals surface area contributed by atoms with Gasteiger partial charge in [0.15, 0.2) is 0 Å². The van der Waals surface area contributed by atoms with Crippen molar-refractivity contribution >= 4 is 57.1 Å². The molecule has 9 heteroatoms. The van der Waals surface area contributed by atoms with E-state index in [4.69, 9.17) is 4.74 Å². The van der Waals surface area contributed by atoms with Gasteiger partial charge in [-0.1, -0.05) is 45.0 Å². The Hall–Kier alpha value is -4.12. The number of rotatable bonds is 10. The molecule has 8 nitrogen and oxygen atoms in total. The summed E-state index contributed by atoms with van der Waals surface area (Å²) < 4.78 is 7.50. The molecule has 230 valence electrons. The molecule has 0 spiro atoms. The van der Waals surface area contributed by atoms with Crippen LogP contribution in [0.25, 0.3) is 10.9 Å². The Labute approximate surface area is 271 Å². The average Bonchev–Trinajstić information content (AvgIpc) is 3.28. The Kier molecular flexibility index (Phi) is 10.2. The van der Waals surface area contributed by atoms with Gasteiger partial charge < -0.3 is 20.1 Å². The van der Waals surface area contributed by atoms with Crippen LogP contribution in [-0.2, 0) is 34.3 Å². The van der Waals surface area contributed by atoms with Crippen LogP contribution in [0.1, 0.15) is 43.2 Å². The minimum absolute atomic E-state index is 0.101. The van der Waals surface area contributed by atoms with Crippen LogP contribution in [0.15, 0.2) is 79.4 Å². The number of hydrogen-bond donors (Lipinski definition) is 2. The number of fused-ring (bicyclic) bond motifs is 1. The molecule has 0 saturated heterocycles. The molecule has 4 rings (SSSR count). The number of aromatic nitrogens is 1. The molecule has 1 heterocycles. The third-order valence-electron chi connectivity index (χ3n) is 7.67. The summed E-state index contributed by atoms with van der Waals surface area (Å²) in [6.45, 7) is 10.1. The molecule has 0 saturated carbocycles. The lowest BCUT2D eigenvalue weighted by Crippen LogP contribution is -2.49. The maximum absolute atomic E-state index is 13.9. The smallest absolute Gasteiger partial charge is 0.416 e. The second kappa shape index (κ2) is 13.7. The lowest BCUT2D eigenvalue weighted by atomic mass is 9.86. The zero-order valence-corrected chi connectivity index (χ0v) is 27.8. The van der Waals surface area contributed by atoms with E-state index >= 15 is 0 Å². The van der Waals surface area contributed by atoms with E-state index in [1.54, 1.807) is 50.6 Å². The lowest BCUT2D eigenvalue weighted by Gasteiger charge is -2.25. The van der Waals surface area contributed by atoms with Crippen LogP contribution in [0.3, 0.4) is 0 Å². The molecule has 0 aliphatic rings. The monoisotopic (exact) mass is 707 g/mol. The topological polar surface area (TPSA) is 101 Å². The Balaban J connectivity index is 1.72. The molecule has 0 aliphatic carbocycles. The van der Waals surface area contributed by atoms with E-state index in [1.165, 1.54) is 9.47 Å². The van der Waals surface area contributed by atoms with Gasteiger partial charge >= 0.3 is 6.09 Å². The summed E-state index contributed by atoms with van der Waals surface area (Å²) in [5.74, 6) is 0.00785. The number of nitrogens with one attached hydrogen (secondary N) is 1. The predicted octanol–water partition coefficient (Wildman–Crippen LogP) is 6.74. The van der Waals surface area contributed by atoms with Crippen LogP contribution in [0, 0.1) is 3.57 Å². The number of carboxylic acid groups (broad SMARTS) is 1. The van der Waals surface area contributed by atoms with Gasteiger partial charge in [0.05, 0.1) is 19.0 Å². The van der Waals surface area contributed by atoms with Crippen LogP contribution in [0.5, 0.6) is 5.75 Å². The van der Waals surface area contributed by atoms with Gasteiger partial charge in [-0.15, -0.1) is 6.58 Å². The van der Waals surface area contributed by atoms with Gasteiger partial charge in [0, 0.05) is 40.2 Å². The van der Waals surface area contributed by atoms with E-state index in [9.17, 15) is 19.5 Å². The zero-order chi connectivity index (χ0) is 32.2. The Morgan fingerprint density at radius 3 is 2.39 bits per heavy atom. The van der Waals surface area contributed by atoms with Crippen molar-refractivity contribution < 1.29 is 24.2 Å². The summed E-state index contributed by atoms with van der Waals surface area (Å²) in [7, 11) is 3.25. The number of hydrogen-bond acceptors (Lipinski definition) is 4. The summed E-state index contributed by atoms with van der Waals surface area (Å²) in [5, 5.41) is 13.8. The largest absolute Gasteiger partial charge is 0.497 e. The fraction of sp³-hybridized carbons (Fsp3) is 0.286. The third kappa shape index (κ3) is 7.32. The number of halogens is 1. The van der Waals surface area contributed by atoms with Crippen molar-refractivity contribution in [3.05, 3.63) is 105 Å². The number of anilines is 1. The minimum Gasteiger partial charge on any atom is -0.497 e. The van der Waals surface area contributed by atoms with Gasteiger partial charge in [-0.3, -0.25) is 9.59 Å². The molecule has 0 fully saturated rings. The lowest BCUT2D eigenvalue weighted by molar-refractivity contribution is -0.127. The summed E-state index contributed by atoms with van der Waals surface area (Å²) >= 11 is 2.22. The number of likely N-dealkylation sites (N-methyl/N-ethyl adjacent to an activating group) is 1. The van der Waals surface area contributed by atoms with Crippen molar-refractivity contribution in [2.75, 3.05) is 19.1 Å². The minimum atomic E-state index is -1.13. The highest BCUT2D eigenvalue weighted by molar-refractivity contribution is 14.1. The number of allylic oxidation sites excluding steroid dienone is 1. The van der Waals surface area contributed by atoms with Crippen LogP contribution in [0.2, 0.25) is 0 Å². The molecular weight excluding hydrogens is 669 g/mol. The first-order valence-corrected chi connectivity index (χ1v) is 15.4. The van der Waals surface area contributed by atoms with E-state index in [0.717, 1.165) is 14.7 Å². The number of carbonyl (C=O) groups is 3. The second-order valence-electron chi connectivity index (χ2n) is 11.7. The molecular formula is C35H38IN3O5. The molecule has 0 bridgehead atoms. The average molecular weight is 708 g/mol. The SMILES string of the molecule is C=CCc1c(CC(=O)NC(Cc2cccc(I)c2)C(=O)N(C)c2ccc(OC)cc2)c2cc(C(C)(C)C)ccc2n1C(=O)O. The predicted molar refractivity (Wildman–Crippen MR) is 183 cm³/mol. The van der Waals surface area contributed by atoms with Gasteiger partial charge in [-0.25, -0.2) is 9.36 Å². The summed E-state index contributed by atoms with van der Waals surface area (Å²) in [4.78, 5) is 41.6. The number of ether oxygens (including phenoxy) is 1. The van der Waals surface area contributed by atoms with E-state index < -0.39 is 12.1 Å². The maximum atomic E-state index is 13.9. The standard InChI is InChI=1S/C35H38IN3O5/c1-7-9-30-28(27-20-23(35(2,3)4)12-17-31(27)39(30)34(42)43)21-32(40)37-29(19-22-10-8-11-24(36)18-22)33(41)38(5)25-13-15-26(44-6)16-14-25/h7-8,10-18,20,29H,1,9,19,21H2,2-6H3,(H,37,40)(H,42,43). The maximum Gasteiger partial charge on any atom is 0.416 e. The third-order valence-corrected chi connectivity index (χ3v) is 8.34. The highest BCUT2D eigenvalue weighted by atomic mass is 127. The van der Waals surface area contributed by atoms with E-state index in [0.29, 0.717) is 33.6 Å². The van der Waals surface area contributed by atoms with E-state index in [2.05, 4.69) is 55.3 Å². The number of carbonyl (C=O) groups excluding carboxylic acids is 2. The first kappa shape index (κ1) is 32.8. The van der Waals surface area contributed by atoms with Crippen LogP contribution < -0.4 is 15.0 Å². The second-order valence-corrected chi connectivity index (χ2v) is 13.0. The van der Waals surface area contributed by atoms with Crippen molar-refractivity contribution in [2.45, 2.75) is 51.5 Å². The van der Waals surface area contributed by atoms with Gasteiger partial charge in [-0.2, -0.15) is 0 Å². The highest BCUT2D eigenvalue weighted by Crippen LogP contribution is 2.32. The quantitative estimate of drug-likeness (QED) is 0.141. The first-order valence-electron chi connectivity index (χ1n) is 14.3. The number of amides is 2. The summed E-state index contributed by atoms with van der Waals surface area (Å²) in [6.07, 6.45) is 0.948. The molecule has 3 aromatic carbocycles. The molecule has 1 atom stereocenters. The first-order chi connectivity index (χ1) is 20.8. The molecule has 1 aromatic heterocycles. The number of methoxy groups -OCH3 is 1. The van der Waals surface area contributed by atoms with Gasteiger partial charge in [0.2, 0.25) is 11.8 Å². The Morgan fingerprint density at radius 1 is 1.09 bits per heavy atom. The number of nitrogens with zero attached hydrogens (tertiary/aromatic N) is 2. The van der Waals surface area contributed by atoms with Crippen molar-refractivity contribution in [3.63, 3.8) is 0 Å².